The van der Waals surface area contributed by atoms with Crippen LogP contribution >= 0.6 is 0 Å². The first-order valence-corrected chi connectivity index (χ1v) is 10.5. The van der Waals surface area contributed by atoms with Crippen LogP contribution in [0.25, 0.3) is 0 Å². The van der Waals surface area contributed by atoms with E-state index < -0.39 is 0 Å². The molecule has 4 heteroatoms. The maximum Gasteiger partial charge on any atom is 0.172 e. The Hall–Kier alpha value is -3.27. The van der Waals surface area contributed by atoms with Crippen LogP contribution in [-0.4, -0.2) is 12.0 Å². The molecule has 0 fully saturated rings. The highest BCUT2D eigenvalue weighted by atomic mass is 15.7. The molecule has 0 bridgehead atoms. The lowest BCUT2D eigenvalue weighted by molar-refractivity contribution is 0.466. The van der Waals surface area contributed by atoms with Crippen LogP contribution in [0.5, 0.6) is 0 Å². The molecule has 0 aliphatic carbocycles. The molecule has 1 aliphatic rings. The quantitative estimate of drug-likeness (QED) is 0.523. The van der Waals surface area contributed by atoms with Crippen LogP contribution in [0, 0.1) is 0 Å². The van der Waals surface area contributed by atoms with Crippen molar-refractivity contribution in [2.24, 2.45) is 5.10 Å². The third-order valence-electron chi connectivity index (χ3n) is 5.18. The Morgan fingerprint density at radius 3 is 1.97 bits per heavy atom. The van der Waals surface area contributed by atoms with E-state index in [-0.39, 0.29) is 6.17 Å². The first kappa shape index (κ1) is 19.1. The third kappa shape index (κ3) is 4.43. The second-order valence-electron chi connectivity index (χ2n) is 7.29. The molecule has 148 valence electrons. The van der Waals surface area contributed by atoms with Gasteiger partial charge in [-0.2, -0.15) is 5.10 Å². The van der Waals surface area contributed by atoms with Gasteiger partial charge in [0.15, 0.2) is 5.84 Å². The fourth-order valence-electron chi connectivity index (χ4n) is 3.68. The average Bonchev–Trinajstić information content (AvgIpc) is 2.81. The molecule has 0 saturated carbocycles. The van der Waals surface area contributed by atoms with Crippen molar-refractivity contribution in [1.29, 1.82) is 0 Å². The lowest BCUT2D eigenvalue weighted by Gasteiger charge is -2.44. The van der Waals surface area contributed by atoms with E-state index in [1.54, 1.807) is 0 Å². The Kier molecular flexibility index (Phi) is 6.10. The van der Waals surface area contributed by atoms with Crippen LogP contribution in [0.1, 0.15) is 38.2 Å². The Balaban J connectivity index is 1.78. The van der Waals surface area contributed by atoms with E-state index in [1.165, 1.54) is 12.8 Å². The molecule has 1 aliphatic heterocycles. The van der Waals surface area contributed by atoms with Gasteiger partial charge in [-0.1, -0.05) is 86.5 Å². The number of hydrazine groups is 1. The zero-order valence-electron chi connectivity index (χ0n) is 16.9. The average molecular weight is 385 g/mol. The Labute approximate surface area is 173 Å². The molecule has 0 aromatic heterocycles. The summed E-state index contributed by atoms with van der Waals surface area (Å²) in [6.45, 7) is 2.24. The van der Waals surface area contributed by atoms with E-state index in [0.717, 1.165) is 35.6 Å². The molecule has 4 nitrogen and oxygen atoms in total. The summed E-state index contributed by atoms with van der Waals surface area (Å²) in [4.78, 5) is 0. The van der Waals surface area contributed by atoms with Gasteiger partial charge in [0.2, 0.25) is 0 Å². The van der Waals surface area contributed by atoms with Crippen molar-refractivity contribution in [2.75, 3.05) is 10.0 Å². The number of unbranched alkanes of at least 4 members (excludes halogenated alkanes) is 2. The first-order valence-electron chi connectivity index (χ1n) is 10.5. The fourth-order valence-corrected chi connectivity index (χ4v) is 3.68. The van der Waals surface area contributed by atoms with Crippen molar-refractivity contribution in [3.8, 4) is 0 Å². The number of hydrogen-bond acceptors (Lipinski definition) is 4. The van der Waals surface area contributed by atoms with Crippen LogP contribution in [0.2, 0.25) is 0 Å². The summed E-state index contributed by atoms with van der Waals surface area (Å²) in [6.07, 6.45) is 4.70. The van der Waals surface area contributed by atoms with Crippen LogP contribution in [0.15, 0.2) is 96.1 Å². The topological polar surface area (TPSA) is 30.9 Å². The molecule has 4 rings (SSSR count). The minimum absolute atomic E-state index is 0.0961. The van der Waals surface area contributed by atoms with E-state index in [9.17, 15) is 0 Å². The van der Waals surface area contributed by atoms with Crippen LogP contribution < -0.4 is 15.4 Å². The summed E-state index contributed by atoms with van der Waals surface area (Å²) < 4.78 is 0. The number of anilines is 2. The summed E-state index contributed by atoms with van der Waals surface area (Å²) >= 11 is 0. The summed E-state index contributed by atoms with van der Waals surface area (Å²) in [7, 11) is 0. The number of amidine groups is 1. The SMILES string of the molecule is CCCCCC1N(c2ccccc2)N=C(c2ccccc2)NN1c1ccccc1. The second kappa shape index (κ2) is 9.28. The van der Waals surface area contributed by atoms with Crippen LogP contribution in [0.3, 0.4) is 0 Å². The van der Waals surface area contributed by atoms with Crippen LogP contribution in [-0.2, 0) is 0 Å². The molecule has 1 unspecified atom stereocenters. The Morgan fingerprint density at radius 1 is 0.759 bits per heavy atom. The smallest absolute Gasteiger partial charge is 0.172 e. The molecule has 1 N–H and O–H groups in total. The monoisotopic (exact) mass is 384 g/mol. The molecule has 1 atom stereocenters. The van der Waals surface area contributed by atoms with Crippen molar-refractivity contribution in [3.05, 3.63) is 96.6 Å². The summed E-state index contributed by atoms with van der Waals surface area (Å²) in [5.74, 6) is 0.852. The van der Waals surface area contributed by atoms with Gasteiger partial charge in [0, 0.05) is 5.56 Å². The zero-order chi connectivity index (χ0) is 19.9. The van der Waals surface area contributed by atoms with Gasteiger partial charge >= 0.3 is 0 Å². The molecule has 3 aromatic rings. The maximum atomic E-state index is 5.06. The van der Waals surface area contributed by atoms with E-state index >= 15 is 0 Å². The largest absolute Gasteiger partial charge is 0.278 e. The molecule has 3 aromatic carbocycles. The van der Waals surface area contributed by atoms with Gasteiger partial charge in [0.05, 0.1) is 11.4 Å². The van der Waals surface area contributed by atoms with Gasteiger partial charge in [0.1, 0.15) is 6.17 Å². The molecule has 0 amide bonds. The number of nitrogens with one attached hydrogen (secondary N) is 1. The highest BCUT2D eigenvalue weighted by Crippen LogP contribution is 2.29. The summed E-state index contributed by atoms with van der Waals surface area (Å²) in [5, 5.41) is 9.49. The van der Waals surface area contributed by atoms with Crippen molar-refractivity contribution in [2.45, 2.75) is 38.8 Å². The zero-order valence-corrected chi connectivity index (χ0v) is 16.9. The molecule has 0 radical (unpaired) electrons. The molecule has 1 heterocycles. The lowest BCUT2D eigenvalue weighted by atomic mass is 10.1. The molecule has 0 saturated heterocycles. The maximum absolute atomic E-state index is 5.06. The van der Waals surface area contributed by atoms with Gasteiger partial charge in [0.25, 0.3) is 0 Å². The van der Waals surface area contributed by atoms with E-state index in [0.29, 0.717) is 0 Å². The molecule has 29 heavy (non-hydrogen) atoms. The molecular weight excluding hydrogens is 356 g/mol. The third-order valence-corrected chi connectivity index (χ3v) is 5.18. The van der Waals surface area contributed by atoms with E-state index in [4.69, 9.17) is 5.10 Å². The standard InChI is InChI=1S/C25H28N4/c1-2-3-7-20-24-28(22-16-10-5-11-17-22)26-25(21-14-8-4-9-15-21)27-29(24)23-18-12-6-13-19-23/h4-6,8-19,24H,2-3,7,20H2,1H3,(H,26,27). The van der Waals surface area contributed by atoms with Gasteiger partial charge in [-0.15, -0.1) is 0 Å². The van der Waals surface area contributed by atoms with Gasteiger partial charge < -0.3 is 0 Å². The fraction of sp³-hybridized carbons (Fsp3) is 0.240. The number of hydrazone groups is 1. The second-order valence-corrected chi connectivity index (χ2v) is 7.29. The van der Waals surface area contributed by atoms with Crippen molar-refractivity contribution in [3.63, 3.8) is 0 Å². The first-order chi connectivity index (χ1) is 14.4. The number of nitrogens with zero attached hydrogens (tertiary/aromatic N) is 3. The van der Waals surface area contributed by atoms with Crippen LogP contribution in [0.4, 0.5) is 11.4 Å². The van der Waals surface area contributed by atoms with Gasteiger partial charge in [-0.05, 0) is 37.1 Å². The van der Waals surface area contributed by atoms with Crippen molar-refractivity contribution < 1.29 is 0 Å². The predicted molar refractivity (Wildman–Crippen MR) is 122 cm³/mol. The minimum Gasteiger partial charge on any atom is -0.278 e. The number of rotatable bonds is 7. The summed E-state index contributed by atoms with van der Waals surface area (Å²) in [6, 6.07) is 31.3. The van der Waals surface area contributed by atoms with Gasteiger partial charge in [-0.25, -0.2) is 5.01 Å². The van der Waals surface area contributed by atoms with E-state index in [2.05, 4.69) is 95.2 Å². The highest BCUT2D eigenvalue weighted by molar-refractivity contribution is 6.01. The van der Waals surface area contributed by atoms with E-state index in [1.807, 2.05) is 18.2 Å². The number of benzene rings is 3. The predicted octanol–water partition coefficient (Wildman–Crippen LogP) is 5.79. The van der Waals surface area contributed by atoms with Crippen molar-refractivity contribution >= 4 is 17.2 Å². The normalized spacial score (nSPS) is 16.3. The number of para-hydroxylation sites is 2. The van der Waals surface area contributed by atoms with Gasteiger partial charge in [-0.3, -0.25) is 10.4 Å². The Bertz CT molecular complexity index is 909. The summed E-state index contributed by atoms with van der Waals surface area (Å²) in [5.41, 5.74) is 6.91. The molecular formula is C25H28N4. The minimum atomic E-state index is 0.0961. The lowest BCUT2D eigenvalue weighted by Crippen LogP contribution is -2.60. The highest BCUT2D eigenvalue weighted by Gasteiger charge is 2.31. The van der Waals surface area contributed by atoms with Crippen molar-refractivity contribution in [1.82, 2.24) is 5.43 Å². The Morgan fingerprint density at radius 2 is 1.34 bits per heavy atom. The number of hydrogen-bond donors (Lipinski definition) is 1. The molecule has 0 spiro atoms.